The fourth-order valence-corrected chi connectivity index (χ4v) is 1.93. The predicted molar refractivity (Wildman–Crippen MR) is 44.6 cm³/mol. The Hall–Kier alpha value is -0.830. The van der Waals surface area contributed by atoms with Crippen LogP contribution < -0.4 is 5.32 Å². The molecule has 1 aliphatic heterocycles. The van der Waals surface area contributed by atoms with E-state index in [0.29, 0.717) is 18.6 Å². The molecule has 0 radical (unpaired) electrons. The molecule has 1 fully saturated rings. The number of carbonyl (C=O) groups excluding carboxylic acids is 1. The SMILES string of the molecule is CCOC(=O)[C@@H]1N[C@@H]2C=C[C@H]1C2. The lowest BCUT2D eigenvalue weighted by molar-refractivity contribution is -0.146. The van der Waals surface area contributed by atoms with Gasteiger partial charge in [0.2, 0.25) is 0 Å². The summed E-state index contributed by atoms with van der Waals surface area (Å²) >= 11 is 0. The second kappa shape index (κ2) is 2.90. The van der Waals surface area contributed by atoms with Gasteiger partial charge in [-0.25, -0.2) is 0 Å². The number of carbonyl (C=O) groups is 1. The molecule has 0 aromatic carbocycles. The van der Waals surface area contributed by atoms with Crippen LogP contribution in [0, 0.1) is 5.92 Å². The first-order valence-electron chi connectivity index (χ1n) is 4.42. The van der Waals surface area contributed by atoms with Crippen molar-refractivity contribution in [2.24, 2.45) is 5.92 Å². The third kappa shape index (κ3) is 1.14. The van der Waals surface area contributed by atoms with Crippen molar-refractivity contribution in [2.75, 3.05) is 6.61 Å². The lowest BCUT2D eigenvalue weighted by Gasteiger charge is -2.17. The highest BCUT2D eigenvalue weighted by atomic mass is 16.5. The minimum absolute atomic E-state index is 0.0834. The van der Waals surface area contributed by atoms with Crippen LogP contribution in [0.2, 0.25) is 0 Å². The lowest BCUT2D eigenvalue weighted by Crippen LogP contribution is -2.40. The van der Waals surface area contributed by atoms with Gasteiger partial charge in [0, 0.05) is 12.0 Å². The van der Waals surface area contributed by atoms with E-state index in [1.54, 1.807) is 0 Å². The molecule has 2 aliphatic rings. The summed E-state index contributed by atoms with van der Waals surface area (Å²) in [5, 5.41) is 3.21. The van der Waals surface area contributed by atoms with E-state index in [9.17, 15) is 4.79 Å². The van der Waals surface area contributed by atoms with Gasteiger partial charge in [-0.2, -0.15) is 0 Å². The van der Waals surface area contributed by atoms with Gasteiger partial charge in [-0.15, -0.1) is 0 Å². The van der Waals surface area contributed by atoms with Gasteiger partial charge in [0.15, 0.2) is 0 Å². The summed E-state index contributed by atoms with van der Waals surface area (Å²) in [6.07, 6.45) is 5.30. The Morgan fingerprint density at radius 2 is 2.50 bits per heavy atom. The first-order valence-corrected chi connectivity index (χ1v) is 4.42. The normalized spacial score (nSPS) is 37.2. The van der Waals surface area contributed by atoms with Crippen molar-refractivity contribution in [2.45, 2.75) is 25.4 Å². The summed E-state index contributed by atoms with van der Waals surface area (Å²) in [7, 11) is 0. The predicted octanol–water partition coefficient (Wildman–Crippen LogP) is 0.466. The van der Waals surface area contributed by atoms with Crippen molar-refractivity contribution >= 4 is 5.97 Å². The zero-order valence-corrected chi connectivity index (χ0v) is 7.12. The zero-order chi connectivity index (χ0) is 8.55. The third-order valence-electron chi connectivity index (χ3n) is 2.48. The molecule has 3 heteroatoms. The van der Waals surface area contributed by atoms with Gasteiger partial charge in [-0.1, -0.05) is 12.2 Å². The summed E-state index contributed by atoms with van der Waals surface area (Å²) in [4.78, 5) is 11.3. The molecule has 0 aromatic rings. The molecular weight excluding hydrogens is 154 g/mol. The molecule has 2 bridgehead atoms. The molecule has 1 aliphatic carbocycles. The Kier molecular flexibility index (Phi) is 1.89. The maximum Gasteiger partial charge on any atom is 0.323 e. The minimum Gasteiger partial charge on any atom is -0.465 e. The highest BCUT2D eigenvalue weighted by molar-refractivity contribution is 5.77. The highest BCUT2D eigenvalue weighted by Gasteiger charge is 2.39. The minimum atomic E-state index is -0.102. The Bertz CT molecular complexity index is 225. The summed E-state index contributed by atoms with van der Waals surface area (Å²) in [6.45, 7) is 2.30. The monoisotopic (exact) mass is 167 g/mol. The molecule has 2 rings (SSSR count). The average molecular weight is 167 g/mol. The van der Waals surface area contributed by atoms with Crippen LogP contribution >= 0.6 is 0 Å². The number of nitrogens with one attached hydrogen (secondary N) is 1. The van der Waals surface area contributed by atoms with Crippen LogP contribution in [0.3, 0.4) is 0 Å². The molecule has 0 amide bonds. The van der Waals surface area contributed by atoms with E-state index < -0.39 is 0 Å². The summed E-state index contributed by atoms with van der Waals surface area (Å²) in [5.74, 6) is 0.267. The molecule has 1 heterocycles. The fourth-order valence-electron chi connectivity index (χ4n) is 1.93. The van der Waals surface area contributed by atoms with Gasteiger partial charge in [-0.05, 0) is 13.3 Å². The Labute approximate surface area is 71.8 Å². The van der Waals surface area contributed by atoms with Gasteiger partial charge in [0.05, 0.1) is 6.61 Å². The summed E-state index contributed by atoms with van der Waals surface area (Å²) in [6, 6.07) is 0.323. The molecule has 1 N–H and O–H groups in total. The molecule has 0 spiro atoms. The van der Waals surface area contributed by atoms with Crippen LogP contribution in [0.15, 0.2) is 12.2 Å². The number of ether oxygens (including phenoxy) is 1. The van der Waals surface area contributed by atoms with Crippen molar-refractivity contribution in [1.29, 1.82) is 0 Å². The van der Waals surface area contributed by atoms with Crippen LogP contribution in [0.5, 0.6) is 0 Å². The Balaban J connectivity index is 1.98. The molecule has 0 unspecified atom stereocenters. The maximum atomic E-state index is 11.3. The van der Waals surface area contributed by atoms with Crippen molar-refractivity contribution in [3.05, 3.63) is 12.2 Å². The maximum absolute atomic E-state index is 11.3. The summed E-state index contributed by atoms with van der Waals surface area (Å²) < 4.78 is 4.94. The second-order valence-electron chi connectivity index (χ2n) is 3.29. The van der Waals surface area contributed by atoms with Crippen molar-refractivity contribution in [3.63, 3.8) is 0 Å². The topological polar surface area (TPSA) is 38.3 Å². The second-order valence-corrected chi connectivity index (χ2v) is 3.29. The number of rotatable bonds is 2. The molecule has 3 nitrogen and oxygen atoms in total. The van der Waals surface area contributed by atoms with E-state index >= 15 is 0 Å². The number of hydrogen-bond acceptors (Lipinski definition) is 3. The quantitative estimate of drug-likeness (QED) is 0.480. The first kappa shape index (κ1) is 7.80. The van der Waals surface area contributed by atoms with E-state index in [1.807, 2.05) is 6.92 Å². The van der Waals surface area contributed by atoms with Crippen LogP contribution in [0.4, 0.5) is 0 Å². The molecule has 1 saturated heterocycles. The van der Waals surface area contributed by atoms with E-state index in [0.717, 1.165) is 6.42 Å². The highest BCUT2D eigenvalue weighted by Crippen LogP contribution is 2.29. The largest absolute Gasteiger partial charge is 0.465 e. The van der Waals surface area contributed by atoms with Crippen molar-refractivity contribution in [1.82, 2.24) is 5.32 Å². The van der Waals surface area contributed by atoms with Gasteiger partial charge >= 0.3 is 5.97 Å². The molecule has 0 aromatic heterocycles. The third-order valence-corrected chi connectivity index (χ3v) is 2.48. The van der Waals surface area contributed by atoms with Crippen LogP contribution in [0.25, 0.3) is 0 Å². The van der Waals surface area contributed by atoms with E-state index in [2.05, 4.69) is 17.5 Å². The van der Waals surface area contributed by atoms with E-state index in [1.165, 1.54) is 0 Å². The molecule has 66 valence electrons. The van der Waals surface area contributed by atoms with Gasteiger partial charge in [0.1, 0.15) is 6.04 Å². The zero-order valence-electron chi connectivity index (χ0n) is 7.12. The molecule has 12 heavy (non-hydrogen) atoms. The van der Waals surface area contributed by atoms with Gasteiger partial charge < -0.3 is 4.74 Å². The molecule has 0 saturated carbocycles. The fraction of sp³-hybridized carbons (Fsp3) is 0.667. The average Bonchev–Trinajstić information content (AvgIpc) is 2.64. The molecule has 3 atom stereocenters. The van der Waals surface area contributed by atoms with Crippen molar-refractivity contribution < 1.29 is 9.53 Å². The number of esters is 1. The van der Waals surface area contributed by atoms with Crippen LogP contribution in [-0.4, -0.2) is 24.7 Å². The Morgan fingerprint density at radius 3 is 3.00 bits per heavy atom. The van der Waals surface area contributed by atoms with Crippen LogP contribution in [0.1, 0.15) is 13.3 Å². The standard InChI is InChI=1S/C9H13NO2/c1-2-12-9(11)8-6-3-4-7(5-6)10-8/h3-4,6-8,10H,2,5H2,1H3/t6-,7+,8+/m0/s1. The van der Waals surface area contributed by atoms with E-state index in [4.69, 9.17) is 4.74 Å². The Morgan fingerprint density at radius 1 is 1.67 bits per heavy atom. The van der Waals surface area contributed by atoms with Gasteiger partial charge in [-0.3, -0.25) is 10.1 Å². The van der Waals surface area contributed by atoms with Crippen molar-refractivity contribution in [3.8, 4) is 0 Å². The molecular formula is C9H13NO2. The smallest absolute Gasteiger partial charge is 0.323 e. The lowest BCUT2D eigenvalue weighted by atomic mass is 10.0. The van der Waals surface area contributed by atoms with Crippen LogP contribution in [-0.2, 0) is 9.53 Å². The summed E-state index contributed by atoms with van der Waals surface area (Å²) in [5.41, 5.74) is 0. The van der Waals surface area contributed by atoms with E-state index in [-0.39, 0.29) is 12.0 Å². The van der Waals surface area contributed by atoms with Gasteiger partial charge in [0.25, 0.3) is 0 Å². The number of hydrogen-bond donors (Lipinski definition) is 1. The first-order chi connectivity index (χ1) is 5.81. The number of fused-ring (bicyclic) bond motifs is 2.